The molecule has 2 atom stereocenters. The normalized spacial score (nSPS) is 16.6. The van der Waals surface area contributed by atoms with Crippen molar-refractivity contribution in [3.8, 4) is 0 Å². The number of aliphatic hydroxyl groups is 1. The van der Waals surface area contributed by atoms with Crippen LogP contribution in [0.3, 0.4) is 0 Å². The predicted octanol–water partition coefficient (Wildman–Crippen LogP) is 3.14. The number of epoxide rings is 1. The number of hydrogen-bond donors (Lipinski definition) is 1. The van der Waals surface area contributed by atoms with Gasteiger partial charge in [0.05, 0.1) is 33.0 Å². The summed E-state index contributed by atoms with van der Waals surface area (Å²) in [4.78, 5) is 0. The standard InChI is InChI=1S/C10H13FO2.C10H12O2/c11-6-10(12)8-13-7-9-4-2-1-3-5-9;1-2-4-9(5-3-1)6-11-7-10-8-12-10/h1-5,10,12H,6-8H2;1-5,10H,6-8H2/t2*10-/m10/s1. The Morgan fingerprint density at radius 3 is 1.96 bits per heavy atom. The van der Waals surface area contributed by atoms with Crippen LogP contribution in [0.2, 0.25) is 0 Å². The molecule has 2 aromatic rings. The molecule has 1 saturated heterocycles. The minimum atomic E-state index is -0.997. The van der Waals surface area contributed by atoms with E-state index in [1.807, 2.05) is 48.5 Å². The first-order chi connectivity index (χ1) is 12.3. The maximum Gasteiger partial charge on any atom is 0.118 e. The summed E-state index contributed by atoms with van der Waals surface area (Å²) in [6.45, 7) is 2.00. The van der Waals surface area contributed by atoms with Crippen LogP contribution in [0.4, 0.5) is 4.39 Å². The summed E-state index contributed by atoms with van der Waals surface area (Å²) in [5.41, 5.74) is 2.24. The fourth-order valence-corrected chi connectivity index (χ4v) is 1.98. The highest BCUT2D eigenvalue weighted by atomic mass is 19.1. The van der Waals surface area contributed by atoms with Gasteiger partial charge in [0.15, 0.2) is 0 Å². The van der Waals surface area contributed by atoms with Gasteiger partial charge in [-0.1, -0.05) is 60.7 Å². The quantitative estimate of drug-likeness (QED) is 0.708. The molecule has 0 bridgehead atoms. The number of ether oxygens (including phenoxy) is 3. The van der Waals surface area contributed by atoms with Crippen LogP contribution in [-0.2, 0) is 27.4 Å². The van der Waals surface area contributed by atoms with Crippen molar-refractivity contribution in [2.75, 3.05) is 26.5 Å². The molecule has 0 saturated carbocycles. The van der Waals surface area contributed by atoms with E-state index in [1.165, 1.54) is 5.56 Å². The second-order valence-corrected chi connectivity index (χ2v) is 5.76. The summed E-state index contributed by atoms with van der Waals surface area (Å²) in [6.07, 6.45) is -0.627. The number of benzene rings is 2. The number of hydrogen-bond acceptors (Lipinski definition) is 4. The molecule has 5 heteroatoms. The van der Waals surface area contributed by atoms with Crippen molar-refractivity contribution >= 4 is 0 Å². The maximum absolute atomic E-state index is 11.8. The van der Waals surface area contributed by atoms with Crippen LogP contribution < -0.4 is 0 Å². The van der Waals surface area contributed by atoms with Crippen molar-refractivity contribution in [1.29, 1.82) is 0 Å². The molecule has 0 aromatic heterocycles. The molecule has 0 unspecified atom stereocenters. The molecule has 1 aliphatic heterocycles. The molecule has 1 N–H and O–H groups in total. The van der Waals surface area contributed by atoms with E-state index in [1.54, 1.807) is 0 Å². The van der Waals surface area contributed by atoms with Crippen LogP contribution in [0.15, 0.2) is 60.7 Å². The number of alkyl halides is 1. The molecule has 0 aliphatic carbocycles. The van der Waals surface area contributed by atoms with Gasteiger partial charge in [-0.2, -0.15) is 0 Å². The first-order valence-electron chi connectivity index (χ1n) is 8.37. The van der Waals surface area contributed by atoms with Gasteiger partial charge in [0, 0.05) is 0 Å². The van der Waals surface area contributed by atoms with Gasteiger partial charge in [-0.15, -0.1) is 0 Å². The summed E-state index contributed by atoms with van der Waals surface area (Å²) < 4.78 is 27.3. The molecule has 4 nitrogen and oxygen atoms in total. The highest BCUT2D eigenvalue weighted by Crippen LogP contribution is 2.10. The molecule has 136 valence electrons. The van der Waals surface area contributed by atoms with Crippen molar-refractivity contribution < 1.29 is 23.7 Å². The topological polar surface area (TPSA) is 51.2 Å². The second kappa shape index (κ2) is 11.7. The SMILES string of the molecule is O[C@H](CF)COCc1ccccc1.c1ccc(COC[C@H]2CO2)cc1. The van der Waals surface area contributed by atoms with Crippen molar-refractivity contribution in [2.24, 2.45) is 0 Å². The van der Waals surface area contributed by atoms with Crippen molar-refractivity contribution in [3.05, 3.63) is 71.8 Å². The Bertz CT molecular complexity index is 560. The second-order valence-electron chi connectivity index (χ2n) is 5.76. The zero-order chi connectivity index (χ0) is 17.7. The third-order valence-corrected chi connectivity index (χ3v) is 3.42. The van der Waals surface area contributed by atoms with Crippen LogP contribution >= 0.6 is 0 Å². The summed E-state index contributed by atoms with van der Waals surface area (Å²) in [6, 6.07) is 19.7. The highest BCUT2D eigenvalue weighted by Gasteiger charge is 2.21. The molecule has 1 fully saturated rings. The summed E-state index contributed by atoms with van der Waals surface area (Å²) in [7, 11) is 0. The third kappa shape index (κ3) is 9.31. The zero-order valence-corrected chi connectivity index (χ0v) is 14.2. The average Bonchev–Trinajstić information content (AvgIpc) is 3.48. The van der Waals surface area contributed by atoms with E-state index in [0.29, 0.717) is 19.3 Å². The lowest BCUT2D eigenvalue weighted by molar-refractivity contribution is 0.0168. The van der Waals surface area contributed by atoms with E-state index >= 15 is 0 Å². The Morgan fingerprint density at radius 2 is 1.48 bits per heavy atom. The van der Waals surface area contributed by atoms with Crippen LogP contribution in [0, 0.1) is 0 Å². The van der Waals surface area contributed by atoms with Gasteiger partial charge in [0.1, 0.15) is 18.9 Å². The van der Waals surface area contributed by atoms with Gasteiger partial charge in [0.2, 0.25) is 0 Å². The Morgan fingerprint density at radius 1 is 0.960 bits per heavy atom. The molecule has 3 rings (SSSR count). The minimum absolute atomic E-state index is 0.0470. The predicted molar refractivity (Wildman–Crippen MR) is 93.9 cm³/mol. The highest BCUT2D eigenvalue weighted by molar-refractivity contribution is 5.14. The fourth-order valence-electron chi connectivity index (χ4n) is 1.98. The molecular formula is C20H25FO4. The molecule has 2 aromatic carbocycles. The van der Waals surface area contributed by atoms with Crippen molar-refractivity contribution in [3.63, 3.8) is 0 Å². The molecule has 0 spiro atoms. The van der Waals surface area contributed by atoms with Gasteiger partial charge in [-0.05, 0) is 11.1 Å². The Labute approximate surface area is 148 Å². The van der Waals surface area contributed by atoms with Gasteiger partial charge >= 0.3 is 0 Å². The van der Waals surface area contributed by atoms with E-state index in [4.69, 9.17) is 19.3 Å². The van der Waals surface area contributed by atoms with Gasteiger partial charge in [0.25, 0.3) is 0 Å². The Kier molecular flexibility index (Phi) is 9.15. The van der Waals surface area contributed by atoms with Crippen molar-refractivity contribution in [2.45, 2.75) is 25.4 Å². The van der Waals surface area contributed by atoms with E-state index in [0.717, 1.165) is 18.8 Å². The van der Waals surface area contributed by atoms with Gasteiger partial charge in [-0.25, -0.2) is 4.39 Å². The van der Waals surface area contributed by atoms with Crippen molar-refractivity contribution in [1.82, 2.24) is 0 Å². The van der Waals surface area contributed by atoms with E-state index in [9.17, 15) is 4.39 Å². The number of halogens is 1. The van der Waals surface area contributed by atoms with Crippen LogP contribution in [0.5, 0.6) is 0 Å². The smallest absolute Gasteiger partial charge is 0.118 e. The summed E-state index contributed by atoms with van der Waals surface area (Å²) in [5.74, 6) is 0. The molecular weight excluding hydrogens is 323 g/mol. The fraction of sp³-hybridized carbons (Fsp3) is 0.400. The molecule has 1 heterocycles. The van der Waals surface area contributed by atoms with E-state index < -0.39 is 12.8 Å². The average molecular weight is 348 g/mol. The first-order valence-corrected chi connectivity index (χ1v) is 8.37. The molecule has 0 amide bonds. The zero-order valence-electron chi connectivity index (χ0n) is 14.2. The summed E-state index contributed by atoms with van der Waals surface area (Å²) in [5, 5.41) is 8.84. The third-order valence-electron chi connectivity index (χ3n) is 3.42. The summed E-state index contributed by atoms with van der Waals surface area (Å²) >= 11 is 0. The monoisotopic (exact) mass is 348 g/mol. The van der Waals surface area contributed by atoms with Gasteiger partial charge in [-0.3, -0.25) is 0 Å². The van der Waals surface area contributed by atoms with E-state index in [-0.39, 0.29) is 6.61 Å². The van der Waals surface area contributed by atoms with Crippen LogP contribution in [0.1, 0.15) is 11.1 Å². The number of aliphatic hydroxyl groups excluding tert-OH is 1. The Hall–Kier alpha value is -1.79. The maximum atomic E-state index is 11.8. The lowest BCUT2D eigenvalue weighted by atomic mass is 10.2. The lowest BCUT2D eigenvalue weighted by Gasteiger charge is -2.06. The first kappa shape index (κ1) is 19.5. The minimum Gasteiger partial charge on any atom is -0.388 e. The van der Waals surface area contributed by atoms with Crippen LogP contribution in [0.25, 0.3) is 0 Å². The molecule has 0 radical (unpaired) electrons. The number of rotatable bonds is 9. The molecule has 1 aliphatic rings. The Balaban J connectivity index is 0.000000181. The molecule has 25 heavy (non-hydrogen) atoms. The van der Waals surface area contributed by atoms with Gasteiger partial charge < -0.3 is 19.3 Å². The largest absolute Gasteiger partial charge is 0.388 e. The van der Waals surface area contributed by atoms with E-state index in [2.05, 4.69) is 12.1 Å². The van der Waals surface area contributed by atoms with Crippen LogP contribution in [-0.4, -0.2) is 43.8 Å². The lowest BCUT2D eigenvalue weighted by Crippen LogP contribution is -2.16.